The first kappa shape index (κ1) is 20.3. The molecule has 0 radical (unpaired) electrons. The van der Waals surface area contributed by atoms with E-state index in [0.29, 0.717) is 32.4 Å². The molecule has 9 nitrogen and oxygen atoms in total. The van der Waals surface area contributed by atoms with E-state index in [1.165, 1.54) is 6.92 Å². The lowest BCUT2D eigenvalue weighted by atomic mass is 10.0. The van der Waals surface area contributed by atoms with Crippen molar-refractivity contribution in [3.63, 3.8) is 0 Å². The standard InChI is InChI=1S/C19H28N4O5/c1-11(18(20)27)5-6-16(26)22-9-7-13-17(22)15(25)10-23(13)19(28)14-4-3-8-21(14)12(2)24/h11,13-14,17H,3-10H2,1-2H3,(H2,20,27). The fraction of sp³-hybridized carbons (Fsp3) is 0.737. The van der Waals surface area contributed by atoms with Gasteiger partial charge in [0.15, 0.2) is 5.78 Å². The van der Waals surface area contributed by atoms with E-state index in [-0.39, 0.29) is 42.5 Å². The minimum Gasteiger partial charge on any atom is -0.369 e. The number of hydrogen-bond donors (Lipinski definition) is 1. The number of nitrogens with two attached hydrogens (primary N) is 1. The number of amides is 4. The van der Waals surface area contributed by atoms with Crippen molar-refractivity contribution in [2.45, 2.75) is 64.1 Å². The molecule has 0 aliphatic carbocycles. The van der Waals surface area contributed by atoms with Crippen LogP contribution in [0.3, 0.4) is 0 Å². The molecule has 0 aromatic carbocycles. The van der Waals surface area contributed by atoms with E-state index in [1.807, 2.05) is 0 Å². The highest BCUT2D eigenvalue weighted by Crippen LogP contribution is 2.32. The van der Waals surface area contributed by atoms with E-state index >= 15 is 0 Å². The third kappa shape index (κ3) is 3.62. The Balaban J connectivity index is 1.66. The van der Waals surface area contributed by atoms with Gasteiger partial charge in [0.05, 0.1) is 12.6 Å². The molecule has 0 aromatic rings. The summed E-state index contributed by atoms with van der Waals surface area (Å²) in [7, 11) is 0. The van der Waals surface area contributed by atoms with Crippen molar-refractivity contribution in [2.75, 3.05) is 19.6 Å². The summed E-state index contributed by atoms with van der Waals surface area (Å²) in [6, 6.07) is -1.45. The first-order valence-corrected chi connectivity index (χ1v) is 9.91. The Bertz CT molecular complexity index is 708. The van der Waals surface area contributed by atoms with E-state index < -0.39 is 23.9 Å². The van der Waals surface area contributed by atoms with E-state index in [2.05, 4.69) is 0 Å². The SMILES string of the molecule is CC(=O)N1CCCC1C(=O)N1CC(=O)C2C1CCN2C(=O)CCC(C)C(N)=O. The molecule has 3 aliphatic heterocycles. The molecule has 3 fully saturated rings. The number of fused-ring (bicyclic) bond motifs is 1. The zero-order valence-electron chi connectivity index (χ0n) is 16.4. The van der Waals surface area contributed by atoms with Gasteiger partial charge in [0.1, 0.15) is 12.1 Å². The number of Topliss-reactive ketones (excluding diaryl/α,β-unsaturated/α-hetero) is 1. The van der Waals surface area contributed by atoms with Crippen molar-refractivity contribution >= 4 is 29.4 Å². The number of carbonyl (C=O) groups is 5. The lowest BCUT2D eigenvalue weighted by Crippen LogP contribution is -2.50. The molecule has 4 atom stereocenters. The molecule has 28 heavy (non-hydrogen) atoms. The van der Waals surface area contributed by atoms with Crippen molar-refractivity contribution in [3.05, 3.63) is 0 Å². The number of likely N-dealkylation sites (tertiary alicyclic amines) is 3. The molecule has 154 valence electrons. The Morgan fingerprint density at radius 1 is 1.11 bits per heavy atom. The second kappa shape index (κ2) is 7.89. The third-order valence-corrected chi connectivity index (χ3v) is 6.25. The number of primary amides is 1. The average molecular weight is 392 g/mol. The van der Waals surface area contributed by atoms with Gasteiger partial charge in [-0.25, -0.2) is 0 Å². The van der Waals surface area contributed by atoms with Gasteiger partial charge in [0.2, 0.25) is 23.6 Å². The molecule has 0 saturated carbocycles. The Kier molecular flexibility index (Phi) is 5.71. The second-order valence-electron chi connectivity index (χ2n) is 8.03. The summed E-state index contributed by atoms with van der Waals surface area (Å²) in [6.45, 7) is 4.08. The van der Waals surface area contributed by atoms with Crippen LogP contribution in [0.5, 0.6) is 0 Å². The molecule has 0 spiro atoms. The van der Waals surface area contributed by atoms with Crippen LogP contribution in [0.1, 0.15) is 46.0 Å². The first-order valence-electron chi connectivity index (χ1n) is 9.91. The zero-order valence-corrected chi connectivity index (χ0v) is 16.4. The Hall–Kier alpha value is -2.45. The van der Waals surface area contributed by atoms with Crippen LogP contribution in [0.15, 0.2) is 0 Å². The number of ketones is 1. The Morgan fingerprint density at radius 2 is 1.82 bits per heavy atom. The van der Waals surface area contributed by atoms with Crippen LogP contribution < -0.4 is 5.73 Å². The second-order valence-corrected chi connectivity index (χ2v) is 8.03. The number of carbonyl (C=O) groups excluding carboxylic acids is 5. The molecule has 4 unspecified atom stereocenters. The lowest BCUT2D eigenvalue weighted by Gasteiger charge is -2.30. The van der Waals surface area contributed by atoms with Crippen LogP contribution in [0.2, 0.25) is 0 Å². The highest BCUT2D eigenvalue weighted by atomic mass is 16.2. The molecule has 4 amide bonds. The number of nitrogens with zero attached hydrogens (tertiary/aromatic N) is 3. The maximum Gasteiger partial charge on any atom is 0.246 e. The molecule has 2 N–H and O–H groups in total. The van der Waals surface area contributed by atoms with Crippen LogP contribution in [-0.2, 0) is 24.0 Å². The van der Waals surface area contributed by atoms with Gasteiger partial charge < -0.3 is 20.4 Å². The van der Waals surface area contributed by atoms with Crippen LogP contribution in [0.4, 0.5) is 0 Å². The van der Waals surface area contributed by atoms with Gasteiger partial charge in [-0.2, -0.15) is 0 Å². The Morgan fingerprint density at radius 3 is 2.46 bits per heavy atom. The van der Waals surface area contributed by atoms with E-state index in [1.54, 1.807) is 21.6 Å². The monoisotopic (exact) mass is 392 g/mol. The van der Waals surface area contributed by atoms with Crippen molar-refractivity contribution < 1.29 is 24.0 Å². The molecular weight excluding hydrogens is 364 g/mol. The number of rotatable bonds is 5. The normalized spacial score (nSPS) is 27.9. The summed E-state index contributed by atoms with van der Waals surface area (Å²) in [6.07, 6.45) is 2.42. The lowest BCUT2D eigenvalue weighted by molar-refractivity contribution is -0.143. The van der Waals surface area contributed by atoms with Crippen LogP contribution >= 0.6 is 0 Å². The van der Waals surface area contributed by atoms with Crippen molar-refractivity contribution in [1.82, 2.24) is 14.7 Å². The molecular formula is C19H28N4O5. The molecule has 3 heterocycles. The summed E-state index contributed by atoms with van der Waals surface area (Å²) >= 11 is 0. The molecule has 0 bridgehead atoms. The van der Waals surface area contributed by atoms with Crippen LogP contribution in [0, 0.1) is 5.92 Å². The quantitative estimate of drug-likeness (QED) is 0.662. The predicted molar refractivity (Wildman–Crippen MR) is 98.6 cm³/mol. The zero-order chi connectivity index (χ0) is 20.6. The van der Waals surface area contributed by atoms with Gasteiger partial charge in [0.25, 0.3) is 0 Å². The van der Waals surface area contributed by atoms with Gasteiger partial charge in [-0.3, -0.25) is 24.0 Å². The molecule has 3 rings (SSSR count). The highest BCUT2D eigenvalue weighted by Gasteiger charge is 2.52. The summed E-state index contributed by atoms with van der Waals surface area (Å²) in [5, 5.41) is 0. The first-order chi connectivity index (χ1) is 13.2. The highest BCUT2D eigenvalue weighted by molar-refractivity contribution is 5.99. The summed E-state index contributed by atoms with van der Waals surface area (Å²) < 4.78 is 0. The fourth-order valence-corrected chi connectivity index (χ4v) is 4.61. The average Bonchev–Trinajstić information content (AvgIpc) is 3.35. The third-order valence-electron chi connectivity index (χ3n) is 6.25. The largest absolute Gasteiger partial charge is 0.369 e. The van der Waals surface area contributed by atoms with Gasteiger partial charge in [-0.05, 0) is 25.7 Å². The predicted octanol–water partition coefficient (Wildman–Crippen LogP) is -0.720. The van der Waals surface area contributed by atoms with Gasteiger partial charge in [-0.15, -0.1) is 0 Å². The van der Waals surface area contributed by atoms with Gasteiger partial charge in [-0.1, -0.05) is 6.92 Å². The van der Waals surface area contributed by atoms with Gasteiger partial charge in [0, 0.05) is 32.4 Å². The molecule has 3 aliphatic rings. The Labute approximate surface area is 164 Å². The van der Waals surface area contributed by atoms with E-state index in [0.717, 1.165) is 6.42 Å². The summed E-state index contributed by atoms with van der Waals surface area (Å²) in [5.41, 5.74) is 5.24. The molecule has 3 saturated heterocycles. The van der Waals surface area contributed by atoms with Crippen LogP contribution in [-0.4, -0.2) is 81.9 Å². The van der Waals surface area contributed by atoms with Crippen LogP contribution in [0.25, 0.3) is 0 Å². The minimum absolute atomic E-state index is 0.0160. The van der Waals surface area contributed by atoms with Gasteiger partial charge >= 0.3 is 0 Å². The summed E-state index contributed by atoms with van der Waals surface area (Å²) in [5.74, 6) is -1.50. The van der Waals surface area contributed by atoms with E-state index in [4.69, 9.17) is 5.73 Å². The number of hydrogen-bond acceptors (Lipinski definition) is 5. The fourth-order valence-electron chi connectivity index (χ4n) is 4.61. The van der Waals surface area contributed by atoms with E-state index in [9.17, 15) is 24.0 Å². The molecule has 9 heteroatoms. The maximum atomic E-state index is 13.0. The maximum absolute atomic E-state index is 13.0. The minimum atomic E-state index is -0.618. The smallest absolute Gasteiger partial charge is 0.246 e. The van der Waals surface area contributed by atoms with Crippen molar-refractivity contribution in [3.8, 4) is 0 Å². The summed E-state index contributed by atoms with van der Waals surface area (Å²) in [4.78, 5) is 65.9. The van der Waals surface area contributed by atoms with Crippen molar-refractivity contribution in [2.24, 2.45) is 11.7 Å². The van der Waals surface area contributed by atoms with Crippen molar-refractivity contribution in [1.29, 1.82) is 0 Å². The topological polar surface area (TPSA) is 121 Å². The molecule has 0 aromatic heterocycles.